The highest BCUT2D eigenvalue weighted by atomic mass is 19.4. The van der Waals surface area contributed by atoms with Gasteiger partial charge in [0.1, 0.15) is 0 Å². The fourth-order valence-corrected chi connectivity index (χ4v) is 1.21. The van der Waals surface area contributed by atoms with E-state index in [0.717, 1.165) is 12.1 Å². The van der Waals surface area contributed by atoms with Crippen molar-refractivity contribution >= 4 is 12.0 Å². The van der Waals surface area contributed by atoms with Gasteiger partial charge in [-0.25, -0.2) is 10.2 Å². The Bertz CT molecular complexity index is 460. The number of alkyl halides is 3. The molecule has 0 saturated carbocycles. The number of hydrogen-bond donors (Lipinski definition) is 3. The third-order valence-corrected chi connectivity index (χ3v) is 1.93. The predicted molar refractivity (Wildman–Crippen MR) is 54.5 cm³/mol. The fourth-order valence-electron chi connectivity index (χ4n) is 1.21. The zero-order chi connectivity index (χ0) is 13.8. The maximum Gasteiger partial charge on any atom is 0.423 e. The highest BCUT2D eigenvalue weighted by molar-refractivity contribution is 5.80. The van der Waals surface area contributed by atoms with E-state index in [-0.39, 0.29) is 12.0 Å². The molecule has 0 saturated heterocycles. The number of benzene rings is 1. The number of carboxylic acid groups (broad SMARTS) is 1. The highest BCUT2D eigenvalue weighted by Crippen LogP contribution is 2.29. The zero-order valence-corrected chi connectivity index (χ0v) is 8.91. The Morgan fingerprint density at radius 3 is 2.44 bits per heavy atom. The standard InChI is InChI=1S/C10H9F3N2O3/c11-10(12,13)7-3-1-2-6(4-7)5-8(16)14-15-9(17)18/h1-4,15H,5H2,(H,14,16)(H,17,18). The Balaban J connectivity index is 2.68. The molecule has 1 aromatic carbocycles. The second kappa shape index (κ2) is 5.39. The van der Waals surface area contributed by atoms with E-state index in [1.807, 2.05) is 5.43 Å². The molecule has 0 heterocycles. The Kier molecular flexibility index (Phi) is 4.13. The molecule has 98 valence electrons. The van der Waals surface area contributed by atoms with E-state index in [1.165, 1.54) is 12.1 Å². The summed E-state index contributed by atoms with van der Waals surface area (Å²) >= 11 is 0. The number of halogens is 3. The van der Waals surface area contributed by atoms with Gasteiger partial charge in [-0.1, -0.05) is 18.2 Å². The van der Waals surface area contributed by atoms with E-state index in [1.54, 1.807) is 5.43 Å². The molecule has 0 unspecified atom stereocenters. The topological polar surface area (TPSA) is 78.4 Å². The number of nitrogens with one attached hydrogen (secondary N) is 2. The molecule has 0 radical (unpaired) electrons. The molecule has 0 aliphatic carbocycles. The van der Waals surface area contributed by atoms with Crippen molar-refractivity contribution in [1.29, 1.82) is 0 Å². The maximum absolute atomic E-state index is 12.4. The van der Waals surface area contributed by atoms with Crippen LogP contribution in [0.4, 0.5) is 18.0 Å². The van der Waals surface area contributed by atoms with Crippen molar-refractivity contribution in [1.82, 2.24) is 10.9 Å². The summed E-state index contributed by atoms with van der Waals surface area (Å²) in [7, 11) is 0. The van der Waals surface area contributed by atoms with Crippen LogP contribution in [-0.2, 0) is 17.4 Å². The van der Waals surface area contributed by atoms with Gasteiger partial charge in [-0.3, -0.25) is 10.2 Å². The smallest absolute Gasteiger partial charge is 0.423 e. The molecule has 2 amide bonds. The molecule has 5 nitrogen and oxygen atoms in total. The van der Waals surface area contributed by atoms with Gasteiger partial charge >= 0.3 is 12.3 Å². The number of hydrogen-bond acceptors (Lipinski definition) is 2. The summed E-state index contributed by atoms with van der Waals surface area (Å²) in [6.07, 6.45) is -6.30. The van der Waals surface area contributed by atoms with Crippen LogP contribution in [0.1, 0.15) is 11.1 Å². The van der Waals surface area contributed by atoms with Crippen LogP contribution in [0.5, 0.6) is 0 Å². The van der Waals surface area contributed by atoms with Crippen LogP contribution in [-0.4, -0.2) is 17.1 Å². The van der Waals surface area contributed by atoms with Gasteiger partial charge in [0.15, 0.2) is 0 Å². The van der Waals surface area contributed by atoms with E-state index < -0.39 is 23.7 Å². The summed E-state index contributed by atoms with van der Waals surface area (Å²) < 4.78 is 37.1. The Labute approximate surface area is 99.6 Å². The average Bonchev–Trinajstić information content (AvgIpc) is 2.25. The first kappa shape index (κ1) is 13.8. The molecular weight excluding hydrogens is 253 g/mol. The van der Waals surface area contributed by atoms with Crippen LogP contribution >= 0.6 is 0 Å². The summed E-state index contributed by atoms with van der Waals surface area (Å²) in [6, 6.07) is 4.24. The first-order valence-corrected chi connectivity index (χ1v) is 4.73. The lowest BCUT2D eigenvalue weighted by Crippen LogP contribution is -2.41. The summed E-state index contributed by atoms with van der Waals surface area (Å²) in [5.74, 6) is -0.753. The molecule has 1 rings (SSSR count). The van der Waals surface area contributed by atoms with Gasteiger partial charge in [0, 0.05) is 0 Å². The largest absolute Gasteiger partial charge is 0.464 e. The van der Waals surface area contributed by atoms with Gasteiger partial charge in [-0.05, 0) is 11.6 Å². The predicted octanol–water partition coefficient (Wildman–Crippen LogP) is 1.55. The van der Waals surface area contributed by atoms with Crippen LogP contribution in [0.25, 0.3) is 0 Å². The Hall–Kier alpha value is -2.25. The van der Waals surface area contributed by atoms with Gasteiger partial charge in [-0.15, -0.1) is 0 Å². The van der Waals surface area contributed by atoms with Gasteiger partial charge in [0.2, 0.25) is 5.91 Å². The minimum Gasteiger partial charge on any atom is -0.464 e. The zero-order valence-electron chi connectivity index (χ0n) is 8.91. The van der Waals surface area contributed by atoms with Crippen LogP contribution in [0, 0.1) is 0 Å². The van der Waals surface area contributed by atoms with Gasteiger partial charge in [-0.2, -0.15) is 13.2 Å². The molecular formula is C10H9F3N2O3. The van der Waals surface area contributed by atoms with Crippen LogP contribution in [0.15, 0.2) is 24.3 Å². The molecule has 0 aliphatic rings. The minimum absolute atomic E-state index is 0.134. The van der Waals surface area contributed by atoms with Crippen LogP contribution in [0.2, 0.25) is 0 Å². The lowest BCUT2D eigenvalue weighted by Gasteiger charge is -2.08. The Morgan fingerprint density at radius 1 is 1.22 bits per heavy atom. The number of carbonyl (C=O) groups is 2. The van der Waals surface area contributed by atoms with E-state index >= 15 is 0 Å². The lowest BCUT2D eigenvalue weighted by molar-refractivity contribution is -0.137. The van der Waals surface area contributed by atoms with Crippen molar-refractivity contribution in [2.45, 2.75) is 12.6 Å². The number of carbonyl (C=O) groups excluding carboxylic acids is 1. The minimum atomic E-state index is -4.48. The van der Waals surface area contributed by atoms with Crippen LogP contribution < -0.4 is 10.9 Å². The van der Waals surface area contributed by atoms with E-state index in [0.29, 0.717) is 0 Å². The third-order valence-electron chi connectivity index (χ3n) is 1.93. The van der Waals surface area contributed by atoms with Gasteiger partial charge in [0.05, 0.1) is 12.0 Å². The first-order chi connectivity index (χ1) is 8.29. The summed E-state index contributed by atoms with van der Waals surface area (Å²) in [5, 5.41) is 8.20. The molecule has 0 bridgehead atoms. The second-order valence-corrected chi connectivity index (χ2v) is 3.35. The molecule has 18 heavy (non-hydrogen) atoms. The summed E-state index contributed by atoms with van der Waals surface area (Å²) in [4.78, 5) is 21.2. The molecule has 0 fully saturated rings. The van der Waals surface area contributed by atoms with Gasteiger partial charge < -0.3 is 5.11 Å². The highest BCUT2D eigenvalue weighted by Gasteiger charge is 2.30. The van der Waals surface area contributed by atoms with Crippen LogP contribution in [0.3, 0.4) is 0 Å². The normalized spacial score (nSPS) is 10.8. The molecule has 0 aliphatic heterocycles. The number of rotatable bonds is 2. The molecule has 0 aromatic heterocycles. The van der Waals surface area contributed by atoms with Crippen molar-refractivity contribution in [2.75, 3.05) is 0 Å². The quantitative estimate of drug-likeness (QED) is 0.707. The number of amides is 2. The van der Waals surface area contributed by atoms with E-state index in [2.05, 4.69) is 0 Å². The summed E-state index contributed by atoms with van der Waals surface area (Å²) in [6.45, 7) is 0. The first-order valence-electron chi connectivity index (χ1n) is 4.73. The van der Waals surface area contributed by atoms with Crippen molar-refractivity contribution < 1.29 is 27.9 Å². The Morgan fingerprint density at radius 2 is 1.89 bits per heavy atom. The maximum atomic E-state index is 12.4. The van der Waals surface area contributed by atoms with E-state index in [9.17, 15) is 22.8 Å². The molecule has 3 N–H and O–H groups in total. The van der Waals surface area contributed by atoms with Crippen molar-refractivity contribution in [2.24, 2.45) is 0 Å². The monoisotopic (exact) mass is 262 g/mol. The van der Waals surface area contributed by atoms with E-state index in [4.69, 9.17) is 5.11 Å². The lowest BCUT2D eigenvalue weighted by atomic mass is 10.1. The van der Waals surface area contributed by atoms with Crippen molar-refractivity contribution in [3.8, 4) is 0 Å². The molecule has 1 aromatic rings. The third kappa shape index (κ3) is 4.32. The van der Waals surface area contributed by atoms with Gasteiger partial charge in [0.25, 0.3) is 0 Å². The summed E-state index contributed by atoms with van der Waals surface area (Å²) in [5.41, 5.74) is 2.70. The molecule has 0 spiro atoms. The molecule has 0 atom stereocenters. The van der Waals surface area contributed by atoms with Crippen molar-refractivity contribution in [3.05, 3.63) is 35.4 Å². The molecule has 8 heteroatoms. The average molecular weight is 262 g/mol. The SMILES string of the molecule is O=C(O)NNC(=O)Cc1cccc(C(F)(F)F)c1. The second-order valence-electron chi connectivity index (χ2n) is 3.35. The van der Waals surface area contributed by atoms with Crippen molar-refractivity contribution in [3.63, 3.8) is 0 Å². The fraction of sp³-hybridized carbons (Fsp3) is 0.200. The number of hydrazine groups is 1.